The summed E-state index contributed by atoms with van der Waals surface area (Å²) in [6.45, 7) is 5.57. The molecule has 0 aliphatic heterocycles. The number of halogens is 2. The van der Waals surface area contributed by atoms with Crippen LogP contribution < -0.4 is 10.5 Å². The van der Waals surface area contributed by atoms with Gasteiger partial charge in [0.25, 0.3) is 0 Å². The molecule has 0 aromatic heterocycles. The number of hydrogen-bond donors (Lipinski definition) is 2. The summed E-state index contributed by atoms with van der Waals surface area (Å²) in [5, 5.41) is 0. The number of nitrogens with two attached hydrogens (primary N) is 1. The second kappa shape index (κ2) is 6.34. The molecular formula is C11H18BrClN2O2S. The summed E-state index contributed by atoms with van der Waals surface area (Å²) >= 11 is 3.34. The Morgan fingerprint density at radius 3 is 2.39 bits per heavy atom. The molecule has 0 aliphatic rings. The van der Waals surface area contributed by atoms with Crippen molar-refractivity contribution >= 4 is 38.4 Å². The molecule has 0 amide bonds. The molecule has 4 nitrogen and oxygen atoms in total. The maximum atomic E-state index is 12.1. The third-order valence-electron chi connectivity index (χ3n) is 2.36. The zero-order chi connectivity index (χ0) is 13.3. The van der Waals surface area contributed by atoms with Crippen LogP contribution in [-0.2, 0) is 10.0 Å². The van der Waals surface area contributed by atoms with Gasteiger partial charge in [0.05, 0.1) is 4.90 Å². The summed E-state index contributed by atoms with van der Waals surface area (Å²) in [7, 11) is -3.52. The van der Waals surface area contributed by atoms with Crippen molar-refractivity contribution in [2.75, 3.05) is 6.54 Å². The Labute approximate surface area is 123 Å². The fourth-order valence-electron chi connectivity index (χ4n) is 1.25. The average Bonchev–Trinajstić information content (AvgIpc) is 2.20. The van der Waals surface area contributed by atoms with Crippen molar-refractivity contribution < 1.29 is 8.42 Å². The summed E-state index contributed by atoms with van der Waals surface area (Å²) < 4.78 is 27.6. The van der Waals surface area contributed by atoms with Gasteiger partial charge in [0.15, 0.2) is 0 Å². The van der Waals surface area contributed by atoms with E-state index >= 15 is 0 Å². The number of hydrogen-bond acceptors (Lipinski definition) is 3. The maximum absolute atomic E-state index is 12.1. The van der Waals surface area contributed by atoms with Crippen LogP contribution in [0.15, 0.2) is 27.6 Å². The van der Waals surface area contributed by atoms with Crippen molar-refractivity contribution in [2.24, 2.45) is 5.73 Å². The minimum Gasteiger partial charge on any atom is -0.329 e. The fraction of sp³-hybridized carbons (Fsp3) is 0.455. The van der Waals surface area contributed by atoms with Crippen molar-refractivity contribution in [1.29, 1.82) is 0 Å². The molecule has 1 aromatic rings. The SMILES string of the molecule is Cc1cc(S(=O)(=O)NC(C)(C)CN)ccc1Br.Cl. The second-order valence-corrected chi connectivity index (χ2v) is 7.14. The Bertz CT molecular complexity index is 518. The Morgan fingerprint density at radius 2 is 1.94 bits per heavy atom. The fourth-order valence-corrected chi connectivity index (χ4v) is 3.00. The molecule has 0 saturated heterocycles. The number of rotatable bonds is 4. The van der Waals surface area contributed by atoms with Crippen LogP contribution in [0, 0.1) is 6.92 Å². The minimum absolute atomic E-state index is 0. The Balaban J connectivity index is 0.00000289. The van der Waals surface area contributed by atoms with Crippen molar-refractivity contribution in [3.05, 3.63) is 28.2 Å². The van der Waals surface area contributed by atoms with E-state index in [0.717, 1.165) is 10.0 Å². The molecule has 3 N–H and O–H groups in total. The van der Waals surface area contributed by atoms with Crippen LogP contribution in [0.4, 0.5) is 0 Å². The minimum atomic E-state index is -3.52. The van der Waals surface area contributed by atoms with Crippen LogP contribution >= 0.6 is 28.3 Å². The van der Waals surface area contributed by atoms with Crippen LogP contribution in [0.1, 0.15) is 19.4 Å². The number of benzene rings is 1. The maximum Gasteiger partial charge on any atom is 0.241 e. The monoisotopic (exact) mass is 356 g/mol. The van der Waals surface area contributed by atoms with Gasteiger partial charge in [-0.3, -0.25) is 0 Å². The van der Waals surface area contributed by atoms with Crippen LogP contribution in [0.2, 0.25) is 0 Å². The first-order chi connectivity index (χ1) is 7.68. The van der Waals surface area contributed by atoms with Crippen molar-refractivity contribution in [3.8, 4) is 0 Å². The molecule has 18 heavy (non-hydrogen) atoms. The summed E-state index contributed by atoms with van der Waals surface area (Å²) in [6, 6.07) is 4.91. The molecule has 0 aliphatic carbocycles. The van der Waals surface area contributed by atoms with Crippen molar-refractivity contribution in [2.45, 2.75) is 31.2 Å². The van der Waals surface area contributed by atoms with Gasteiger partial charge >= 0.3 is 0 Å². The molecular weight excluding hydrogens is 340 g/mol. The number of nitrogens with one attached hydrogen (secondary N) is 1. The van der Waals surface area contributed by atoms with E-state index in [9.17, 15) is 8.42 Å². The third kappa shape index (κ3) is 4.51. The summed E-state index contributed by atoms with van der Waals surface area (Å²) in [5.74, 6) is 0. The zero-order valence-corrected chi connectivity index (χ0v) is 13.7. The molecule has 0 bridgehead atoms. The number of sulfonamides is 1. The molecule has 0 fully saturated rings. The van der Waals surface area contributed by atoms with E-state index in [1.54, 1.807) is 32.0 Å². The van der Waals surface area contributed by atoms with Crippen LogP contribution in [0.25, 0.3) is 0 Å². The zero-order valence-electron chi connectivity index (χ0n) is 10.5. The number of aryl methyl sites for hydroxylation is 1. The van der Waals surface area contributed by atoms with Gasteiger partial charge in [-0.2, -0.15) is 0 Å². The van der Waals surface area contributed by atoms with Crippen molar-refractivity contribution in [1.82, 2.24) is 4.72 Å². The first-order valence-corrected chi connectivity index (χ1v) is 7.46. The average molecular weight is 358 g/mol. The molecule has 7 heteroatoms. The van der Waals surface area contributed by atoms with Crippen LogP contribution in [0.3, 0.4) is 0 Å². The van der Waals surface area contributed by atoms with Gasteiger partial charge < -0.3 is 5.73 Å². The quantitative estimate of drug-likeness (QED) is 0.867. The molecule has 0 radical (unpaired) electrons. The largest absolute Gasteiger partial charge is 0.329 e. The molecule has 0 atom stereocenters. The summed E-state index contributed by atoms with van der Waals surface area (Å²) in [6.07, 6.45) is 0. The highest BCUT2D eigenvalue weighted by Gasteiger charge is 2.24. The second-order valence-electron chi connectivity index (χ2n) is 4.60. The van der Waals surface area contributed by atoms with Gasteiger partial charge in [0.2, 0.25) is 10.0 Å². The van der Waals surface area contributed by atoms with Gasteiger partial charge in [0.1, 0.15) is 0 Å². The smallest absolute Gasteiger partial charge is 0.241 e. The molecule has 1 aromatic carbocycles. The highest BCUT2D eigenvalue weighted by molar-refractivity contribution is 9.10. The summed E-state index contributed by atoms with van der Waals surface area (Å²) in [4.78, 5) is 0.250. The first-order valence-electron chi connectivity index (χ1n) is 5.18. The van der Waals surface area contributed by atoms with E-state index in [1.807, 2.05) is 6.92 Å². The van der Waals surface area contributed by atoms with E-state index in [0.29, 0.717) is 0 Å². The predicted molar refractivity (Wildman–Crippen MR) is 79.6 cm³/mol. The topological polar surface area (TPSA) is 72.2 Å². The van der Waals surface area contributed by atoms with E-state index in [4.69, 9.17) is 5.73 Å². The Hall–Kier alpha value is -0.140. The van der Waals surface area contributed by atoms with Gasteiger partial charge in [0, 0.05) is 16.6 Å². The molecule has 104 valence electrons. The van der Waals surface area contributed by atoms with Crippen molar-refractivity contribution in [3.63, 3.8) is 0 Å². The van der Waals surface area contributed by atoms with Crippen LogP contribution in [-0.4, -0.2) is 20.5 Å². The molecule has 0 unspecified atom stereocenters. The lowest BCUT2D eigenvalue weighted by Gasteiger charge is -2.24. The van der Waals surface area contributed by atoms with Crippen LogP contribution in [0.5, 0.6) is 0 Å². The van der Waals surface area contributed by atoms with E-state index < -0.39 is 15.6 Å². The lowest BCUT2D eigenvalue weighted by atomic mass is 10.1. The lowest BCUT2D eigenvalue weighted by Crippen LogP contribution is -2.48. The molecule has 0 heterocycles. The lowest BCUT2D eigenvalue weighted by molar-refractivity contribution is 0.462. The third-order valence-corrected chi connectivity index (χ3v) is 4.95. The van der Waals surface area contributed by atoms with E-state index in [1.165, 1.54) is 0 Å². The Kier molecular flexibility index (Phi) is 6.29. The molecule has 0 spiro atoms. The van der Waals surface area contributed by atoms with Gasteiger partial charge in [-0.1, -0.05) is 15.9 Å². The van der Waals surface area contributed by atoms with Gasteiger partial charge in [-0.05, 0) is 44.5 Å². The standard InChI is InChI=1S/C11H17BrN2O2S.ClH/c1-8-6-9(4-5-10(8)12)17(15,16)14-11(2,3)7-13;/h4-6,14H,7,13H2,1-3H3;1H. The predicted octanol–water partition coefficient (Wildman–Crippen LogP) is 2.19. The van der Waals surface area contributed by atoms with Gasteiger partial charge in [-0.25, -0.2) is 13.1 Å². The highest BCUT2D eigenvalue weighted by atomic mass is 79.9. The van der Waals surface area contributed by atoms with E-state index in [2.05, 4.69) is 20.7 Å². The first kappa shape index (κ1) is 17.9. The summed E-state index contributed by atoms with van der Waals surface area (Å²) in [5.41, 5.74) is 5.73. The van der Waals surface area contributed by atoms with E-state index in [-0.39, 0.29) is 23.8 Å². The molecule has 1 rings (SSSR count). The normalized spacial score (nSPS) is 12.1. The van der Waals surface area contributed by atoms with Gasteiger partial charge in [-0.15, -0.1) is 12.4 Å². The molecule has 0 saturated carbocycles. The Morgan fingerprint density at radius 1 is 1.39 bits per heavy atom. The highest BCUT2D eigenvalue weighted by Crippen LogP contribution is 2.20.